The Bertz CT molecular complexity index is 354. The molecule has 2 nitrogen and oxygen atoms in total. The van der Waals surface area contributed by atoms with Crippen molar-refractivity contribution in [3.05, 3.63) is 21.7 Å². The van der Waals surface area contributed by atoms with E-state index in [1.54, 1.807) is 0 Å². The van der Waals surface area contributed by atoms with E-state index in [-0.39, 0.29) is 17.5 Å². The monoisotopic (exact) mass is 242 g/mol. The summed E-state index contributed by atoms with van der Waals surface area (Å²) in [6, 6.07) is 0. The molecule has 0 radical (unpaired) electrons. The minimum Gasteiger partial charge on any atom is -0.351 e. The lowest BCUT2D eigenvalue weighted by atomic mass is 9.90. The molecule has 0 aliphatic carbocycles. The Morgan fingerprint density at radius 1 is 1.54 bits per heavy atom. The molecular formula is C10H11BrO2. The average Bonchev–Trinajstić information content (AvgIpc) is 2.37. The normalized spacial score (nSPS) is 38.3. The van der Waals surface area contributed by atoms with Gasteiger partial charge < -0.3 is 4.74 Å². The van der Waals surface area contributed by atoms with Crippen molar-refractivity contribution >= 4 is 21.7 Å². The van der Waals surface area contributed by atoms with Crippen molar-refractivity contribution in [2.45, 2.75) is 32.5 Å². The van der Waals surface area contributed by atoms with Crippen LogP contribution in [0.25, 0.3) is 0 Å². The van der Waals surface area contributed by atoms with E-state index in [0.717, 1.165) is 11.1 Å². The van der Waals surface area contributed by atoms with Gasteiger partial charge in [-0.3, -0.25) is 4.79 Å². The first-order valence-corrected chi connectivity index (χ1v) is 5.04. The standard InChI is InChI=1S/C10H11BrO2/c1-5-4-7-9(12)8(11)6(2)10(5,3)13-7/h4,7H,1-3H3. The molecule has 2 unspecified atom stereocenters. The number of rotatable bonds is 0. The number of halogens is 1. The summed E-state index contributed by atoms with van der Waals surface area (Å²) in [7, 11) is 0. The van der Waals surface area contributed by atoms with E-state index in [9.17, 15) is 4.79 Å². The molecule has 2 aliphatic heterocycles. The molecule has 0 aromatic carbocycles. The fourth-order valence-corrected chi connectivity index (χ4v) is 2.40. The fraction of sp³-hybridized carbons (Fsp3) is 0.500. The van der Waals surface area contributed by atoms with Gasteiger partial charge in [-0.05, 0) is 53.9 Å². The maximum Gasteiger partial charge on any atom is 0.202 e. The molecule has 2 aliphatic rings. The van der Waals surface area contributed by atoms with Gasteiger partial charge in [0.25, 0.3) is 0 Å². The predicted molar refractivity (Wildman–Crippen MR) is 53.7 cm³/mol. The second kappa shape index (κ2) is 2.55. The summed E-state index contributed by atoms with van der Waals surface area (Å²) in [5.74, 6) is 0.0341. The Morgan fingerprint density at radius 3 is 2.77 bits per heavy atom. The maximum absolute atomic E-state index is 11.6. The number of carbonyl (C=O) groups is 1. The summed E-state index contributed by atoms with van der Waals surface area (Å²) in [5, 5.41) is 0. The molecular weight excluding hydrogens is 232 g/mol. The zero-order chi connectivity index (χ0) is 9.80. The van der Waals surface area contributed by atoms with Gasteiger partial charge in [0.05, 0.1) is 4.48 Å². The van der Waals surface area contributed by atoms with Gasteiger partial charge in [-0.25, -0.2) is 0 Å². The highest BCUT2D eigenvalue weighted by Crippen LogP contribution is 2.44. The summed E-state index contributed by atoms with van der Waals surface area (Å²) in [6.07, 6.45) is 1.53. The molecule has 0 N–H and O–H groups in total. The van der Waals surface area contributed by atoms with Gasteiger partial charge >= 0.3 is 0 Å². The third kappa shape index (κ3) is 1.00. The Hall–Kier alpha value is -0.410. The van der Waals surface area contributed by atoms with Crippen LogP contribution in [0.4, 0.5) is 0 Å². The number of Topliss-reactive ketones (excluding diaryl/α,β-unsaturated/α-hetero) is 1. The van der Waals surface area contributed by atoms with Crippen LogP contribution in [0.15, 0.2) is 21.7 Å². The van der Waals surface area contributed by atoms with E-state index in [2.05, 4.69) is 15.9 Å². The second-order valence-corrected chi connectivity index (χ2v) is 4.52. The zero-order valence-electron chi connectivity index (χ0n) is 7.85. The molecule has 2 bridgehead atoms. The number of hydrogen-bond donors (Lipinski definition) is 0. The number of hydrogen-bond acceptors (Lipinski definition) is 2. The van der Waals surface area contributed by atoms with Crippen LogP contribution in [0.5, 0.6) is 0 Å². The SMILES string of the molecule is CC1=CC2OC1(C)C(C)=C(Br)C2=O. The quantitative estimate of drug-likeness (QED) is 0.610. The molecule has 2 atom stereocenters. The minimum absolute atomic E-state index is 0.0341. The van der Waals surface area contributed by atoms with E-state index < -0.39 is 0 Å². The molecule has 70 valence electrons. The van der Waals surface area contributed by atoms with Gasteiger partial charge in [-0.15, -0.1) is 0 Å². The summed E-state index contributed by atoms with van der Waals surface area (Å²) >= 11 is 3.32. The average molecular weight is 243 g/mol. The van der Waals surface area contributed by atoms with E-state index in [0.29, 0.717) is 4.48 Å². The number of carbonyl (C=O) groups excluding carboxylic acids is 1. The van der Waals surface area contributed by atoms with Crippen LogP contribution in [0.3, 0.4) is 0 Å². The minimum atomic E-state index is -0.372. The Kier molecular flexibility index (Phi) is 1.79. The number of ether oxygens (including phenoxy) is 1. The third-order valence-corrected chi connectivity index (χ3v) is 4.02. The molecule has 0 fully saturated rings. The van der Waals surface area contributed by atoms with Crippen molar-refractivity contribution in [3.63, 3.8) is 0 Å². The first kappa shape index (κ1) is 9.16. The Morgan fingerprint density at radius 2 is 2.15 bits per heavy atom. The van der Waals surface area contributed by atoms with Crippen LogP contribution in [0.2, 0.25) is 0 Å². The largest absolute Gasteiger partial charge is 0.351 e. The van der Waals surface area contributed by atoms with Gasteiger partial charge in [0.15, 0.2) is 0 Å². The molecule has 0 aromatic rings. The van der Waals surface area contributed by atoms with Gasteiger partial charge in [-0.1, -0.05) is 0 Å². The van der Waals surface area contributed by atoms with Crippen molar-refractivity contribution in [2.24, 2.45) is 0 Å². The summed E-state index contributed by atoms with van der Waals surface area (Å²) in [5.41, 5.74) is 1.73. The molecule has 0 saturated heterocycles. The zero-order valence-corrected chi connectivity index (χ0v) is 9.44. The molecule has 2 rings (SSSR count). The molecule has 3 heteroatoms. The van der Waals surface area contributed by atoms with E-state index in [1.165, 1.54) is 0 Å². The first-order valence-electron chi connectivity index (χ1n) is 4.24. The molecule has 13 heavy (non-hydrogen) atoms. The highest BCUT2D eigenvalue weighted by Gasteiger charge is 2.46. The van der Waals surface area contributed by atoms with Crippen LogP contribution < -0.4 is 0 Å². The van der Waals surface area contributed by atoms with Crippen molar-refractivity contribution in [3.8, 4) is 0 Å². The molecule has 0 spiro atoms. The predicted octanol–water partition coefficient (Wildman–Crippen LogP) is 2.34. The van der Waals surface area contributed by atoms with Gasteiger partial charge in [-0.2, -0.15) is 0 Å². The van der Waals surface area contributed by atoms with Crippen LogP contribution >= 0.6 is 15.9 Å². The first-order chi connectivity index (χ1) is 5.97. The van der Waals surface area contributed by atoms with Crippen LogP contribution in [0, 0.1) is 0 Å². The molecule has 0 amide bonds. The number of ketones is 1. The second-order valence-electron chi connectivity index (χ2n) is 3.72. The molecule has 0 saturated carbocycles. The lowest BCUT2D eigenvalue weighted by Gasteiger charge is -2.32. The fourth-order valence-electron chi connectivity index (χ4n) is 1.80. The van der Waals surface area contributed by atoms with Crippen LogP contribution in [0.1, 0.15) is 20.8 Å². The van der Waals surface area contributed by atoms with Crippen molar-refractivity contribution in [1.29, 1.82) is 0 Å². The lowest BCUT2D eigenvalue weighted by molar-refractivity contribution is -0.128. The maximum atomic E-state index is 11.6. The van der Waals surface area contributed by atoms with Crippen LogP contribution in [-0.2, 0) is 9.53 Å². The van der Waals surface area contributed by atoms with E-state index in [4.69, 9.17) is 4.74 Å². The van der Waals surface area contributed by atoms with Crippen molar-refractivity contribution < 1.29 is 9.53 Å². The number of fused-ring (bicyclic) bond motifs is 2. The van der Waals surface area contributed by atoms with Crippen molar-refractivity contribution in [1.82, 2.24) is 0 Å². The smallest absolute Gasteiger partial charge is 0.202 e. The summed E-state index contributed by atoms with van der Waals surface area (Å²) in [4.78, 5) is 11.6. The third-order valence-electron chi connectivity index (χ3n) is 3.04. The van der Waals surface area contributed by atoms with Gasteiger partial charge in [0.2, 0.25) is 5.78 Å². The Labute approximate surface area is 85.8 Å². The summed E-state index contributed by atoms with van der Waals surface area (Å²) in [6.45, 7) is 5.94. The molecule has 0 aromatic heterocycles. The van der Waals surface area contributed by atoms with Gasteiger partial charge in [0, 0.05) is 0 Å². The van der Waals surface area contributed by atoms with Crippen LogP contribution in [-0.4, -0.2) is 17.5 Å². The highest BCUT2D eigenvalue weighted by atomic mass is 79.9. The van der Waals surface area contributed by atoms with Gasteiger partial charge in [0.1, 0.15) is 11.7 Å². The van der Waals surface area contributed by atoms with E-state index in [1.807, 2.05) is 26.8 Å². The van der Waals surface area contributed by atoms with E-state index >= 15 is 0 Å². The van der Waals surface area contributed by atoms with Crippen molar-refractivity contribution in [2.75, 3.05) is 0 Å². The topological polar surface area (TPSA) is 26.3 Å². The molecule has 2 heterocycles. The highest BCUT2D eigenvalue weighted by molar-refractivity contribution is 9.12. The summed E-state index contributed by atoms with van der Waals surface area (Å²) < 4.78 is 6.34. The Balaban J connectivity index is 2.62. The lowest BCUT2D eigenvalue weighted by Crippen LogP contribution is -2.38.